The summed E-state index contributed by atoms with van der Waals surface area (Å²) in [4.78, 5) is 12.9. The van der Waals surface area contributed by atoms with Crippen LogP contribution < -0.4 is 15.3 Å². The molecule has 4 nitrogen and oxygen atoms in total. The van der Waals surface area contributed by atoms with Gasteiger partial charge in [0.15, 0.2) is 5.82 Å². The van der Waals surface area contributed by atoms with E-state index in [2.05, 4.69) is 205 Å². The van der Waals surface area contributed by atoms with Crippen LogP contribution in [-0.4, -0.2) is 9.97 Å². The second-order valence-electron chi connectivity index (χ2n) is 15.3. The number of para-hydroxylation sites is 2. The summed E-state index contributed by atoms with van der Waals surface area (Å²) < 4.78 is 6.64. The second-order valence-corrected chi connectivity index (χ2v) is 15.3. The number of rotatable bonds is 8. The van der Waals surface area contributed by atoms with E-state index in [0.717, 1.165) is 79.1 Å². The minimum Gasteiger partial charge on any atom is -0.456 e. The van der Waals surface area contributed by atoms with E-state index in [1.54, 1.807) is 0 Å². The molecule has 0 spiro atoms. The van der Waals surface area contributed by atoms with Crippen molar-refractivity contribution in [1.82, 2.24) is 9.97 Å². The first-order chi connectivity index (χ1) is 29.7. The molecule has 11 rings (SSSR count). The summed E-state index contributed by atoms with van der Waals surface area (Å²) in [7, 11) is 0. The molecule has 10 aromatic rings. The smallest absolute Gasteiger partial charge is 0.160 e. The third-order valence-corrected chi connectivity index (χ3v) is 11.6. The van der Waals surface area contributed by atoms with Gasteiger partial charge in [-0.25, -0.2) is 9.97 Å². The van der Waals surface area contributed by atoms with Gasteiger partial charge in [0, 0.05) is 44.8 Å². The average Bonchev–Trinajstić information content (AvgIpc) is 3.71. The molecule has 0 aliphatic heterocycles. The molecule has 0 saturated heterocycles. The number of hydrogen-bond acceptors (Lipinski definition) is 4. The largest absolute Gasteiger partial charge is 0.456 e. The first-order valence-corrected chi connectivity index (χ1v) is 20.5. The lowest BCUT2D eigenvalue weighted by Gasteiger charge is -2.28. The van der Waals surface area contributed by atoms with Gasteiger partial charge in [-0.1, -0.05) is 164 Å². The van der Waals surface area contributed by atoms with Crippen LogP contribution in [0, 0.1) is 0 Å². The van der Waals surface area contributed by atoms with E-state index >= 15 is 0 Å². The molecule has 0 radical (unpaired) electrons. The predicted octanol–water partition coefficient (Wildman–Crippen LogP) is 13.3. The molecule has 8 aromatic carbocycles. The minimum atomic E-state index is 0.136. The van der Waals surface area contributed by atoms with Crippen molar-refractivity contribution in [3.63, 3.8) is 0 Å². The minimum absolute atomic E-state index is 0.136. The Morgan fingerprint density at radius 3 is 1.92 bits per heavy atom. The lowest BCUT2D eigenvalue weighted by atomic mass is 9.93. The van der Waals surface area contributed by atoms with Crippen molar-refractivity contribution in [2.75, 3.05) is 4.90 Å². The van der Waals surface area contributed by atoms with Gasteiger partial charge < -0.3 is 9.32 Å². The van der Waals surface area contributed by atoms with Gasteiger partial charge in [0.05, 0.1) is 17.1 Å². The van der Waals surface area contributed by atoms with E-state index in [4.69, 9.17) is 14.4 Å². The van der Waals surface area contributed by atoms with Gasteiger partial charge in [-0.05, 0) is 88.1 Å². The van der Waals surface area contributed by atoms with Crippen molar-refractivity contribution in [3.05, 3.63) is 222 Å². The quantitative estimate of drug-likeness (QED) is 0.154. The van der Waals surface area contributed by atoms with Crippen LogP contribution in [0.3, 0.4) is 0 Å². The molecule has 2 aromatic heterocycles. The van der Waals surface area contributed by atoms with Crippen molar-refractivity contribution in [2.24, 2.45) is 0 Å². The molecular weight excluding hydrogens is 731 g/mol. The van der Waals surface area contributed by atoms with E-state index in [1.807, 2.05) is 18.2 Å². The molecular formula is C56H39N3O. The van der Waals surface area contributed by atoms with E-state index in [1.165, 1.54) is 21.6 Å². The van der Waals surface area contributed by atoms with Gasteiger partial charge in [-0.15, -0.1) is 0 Å². The Morgan fingerprint density at radius 1 is 0.467 bits per heavy atom. The van der Waals surface area contributed by atoms with Gasteiger partial charge in [-0.2, -0.15) is 0 Å². The Labute approximate surface area is 348 Å². The van der Waals surface area contributed by atoms with Crippen molar-refractivity contribution in [3.8, 4) is 44.9 Å². The lowest BCUT2D eigenvalue weighted by molar-refractivity contribution is 0.669. The van der Waals surface area contributed by atoms with Gasteiger partial charge in [0.1, 0.15) is 11.2 Å². The van der Waals surface area contributed by atoms with Crippen LogP contribution in [0.4, 0.5) is 17.1 Å². The first-order valence-electron chi connectivity index (χ1n) is 20.5. The van der Waals surface area contributed by atoms with Gasteiger partial charge >= 0.3 is 0 Å². The fourth-order valence-electron chi connectivity index (χ4n) is 8.66. The van der Waals surface area contributed by atoms with Gasteiger partial charge in [0.2, 0.25) is 0 Å². The summed E-state index contributed by atoms with van der Waals surface area (Å²) in [6.45, 7) is 0. The Morgan fingerprint density at radius 2 is 1.12 bits per heavy atom. The fourth-order valence-corrected chi connectivity index (χ4v) is 8.66. The fraction of sp³-hybridized carbons (Fsp3) is 0.0357. The van der Waals surface area contributed by atoms with Crippen LogP contribution in [0.1, 0.15) is 18.0 Å². The van der Waals surface area contributed by atoms with Crippen molar-refractivity contribution in [1.29, 1.82) is 0 Å². The molecule has 1 atom stereocenters. The summed E-state index contributed by atoms with van der Waals surface area (Å²) in [5.74, 6) is 0.833. The number of anilines is 3. The highest BCUT2D eigenvalue weighted by Crippen LogP contribution is 2.42. The molecule has 1 aliphatic carbocycles. The maximum atomic E-state index is 6.64. The number of fused-ring (bicyclic) bond motifs is 4. The maximum Gasteiger partial charge on any atom is 0.160 e. The molecule has 0 bridgehead atoms. The molecule has 0 N–H and O–H groups in total. The van der Waals surface area contributed by atoms with E-state index in [-0.39, 0.29) is 5.92 Å². The SMILES string of the molecule is C1=c2ccccc2=CC(c2cc(-c3ccccc3)nc(-c3cccc4oc5cc(-c6ccc(N(c7ccccc7)c7ccccc7-c7ccccc7)cc6)ccc5c34)n2)C1. The number of benzene rings is 8. The molecule has 2 heterocycles. The monoisotopic (exact) mass is 769 g/mol. The highest BCUT2D eigenvalue weighted by Gasteiger charge is 2.21. The Kier molecular flexibility index (Phi) is 8.94. The van der Waals surface area contributed by atoms with Crippen LogP contribution in [0.15, 0.2) is 211 Å². The zero-order valence-corrected chi connectivity index (χ0v) is 32.8. The summed E-state index contributed by atoms with van der Waals surface area (Å²) in [6, 6.07) is 72.5. The normalized spacial score (nSPS) is 13.4. The third-order valence-electron chi connectivity index (χ3n) is 11.6. The van der Waals surface area contributed by atoms with Crippen molar-refractivity contribution >= 4 is 51.2 Å². The van der Waals surface area contributed by atoms with Gasteiger partial charge in [-0.3, -0.25) is 0 Å². The highest BCUT2D eigenvalue weighted by molar-refractivity contribution is 6.12. The topological polar surface area (TPSA) is 42.2 Å². The molecule has 4 heteroatoms. The zero-order chi connectivity index (χ0) is 39.8. The summed E-state index contributed by atoms with van der Waals surface area (Å²) in [5.41, 5.74) is 13.4. The van der Waals surface area contributed by atoms with Crippen LogP contribution in [0.25, 0.3) is 79.0 Å². The summed E-state index contributed by atoms with van der Waals surface area (Å²) in [5, 5.41) is 4.57. The number of hydrogen-bond donors (Lipinski definition) is 0. The Hall–Kier alpha value is -7.82. The van der Waals surface area contributed by atoms with Crippen LogP contribution >= 0.6 is 0 Å². The van der Waals surface area contributed by atoms with Gasteiger partial charge in [0.25, 0.3) is 0 Å². The molecule has 0 saturated carbocycles. The van der Waals surface area contributed by atoms with Crippen molar-refractivity contribution < 1.29 is 4.42 Å². The zero-order valence-electron chi connectivity index (χ0n) is 32.8. The van der Waals surface area contributed by atoms with E-state index in [0.29, 0.717) is 5.82 Å². The van der Waals surface area contributed by atoms with Crippen LogP contribution in [-0.2, 0) is 0 Å². The maximum absolute atomic E-state index is 6.64. The van der Waals surface area contributed by atoms with Crippen LogP contribution in [0.5, 0.6) is 0 Å². The number of furan rings is 1. The predicted molar refractivity (Wildman–Crippen MR) is 248 cm³/mol. The molecule has 1 aliphatic rings. The Balaban J connectivity index is 0.979. The van der Waals surface area contributed by atoms with E-state index in [9.17, 15) is 0 Å². The van der Waals surface area contributed by atoms with E-state index < -0.39 is 0 Å². The number of nitrogens with zero attached hydrogens (tertiary/aromatic N) is 3. The molecule has 0 fully saturated rings. The molecule has 60 heavy (non-hydrogen) atoms. The van der Waals surface area contributed by atoms with Crippen molar-refractivity contribution in [2.45, 2.75) is 12.3 Å². The van der Waals surface area contributed by atoms with Crippen LogP contribution in [0.2, 0.25) is 0 Å². The third kappa shape index (κ3) is 6.54. The number of aromatic nitrogens is 2. The standard InChI is InChI=1S/C56H39N3O/c1-4-16-40(17-5-1)47-23-12-13-25-52(47)59(45-21-8-3-9-22-45)46-32-29-39(30-33-46)43-31-34-48-54(36-43)60-53-26-14-24-49(55(48)53)56-57-50(41-18-6-2-7-19-41)37-51(58-56)44-28-27-38-15-10-11-20-42(38)35-44/h1-27,29-37,44H,28H2. The summed E-state index contributed by atoms with van der Waals surface area (Å²) >= 11 is 0. The average molecular weight is 770 g/mol. The highest BCUT2D eigenvalue weighted by atomic mass is 16.3. The lowest BCUT2D eigenvalue weighted by Crippen LogP contribution is -2.28. The first kappa shape index (κ1) is 35.4. The summed E-state index contributed by atoms with van der Waals surface area (Å²) in [6.07, 6.45) is 5.56. The molecule has 284 valence electrons. The second kappa shape index (κ2) is 15.2. The molecule has 1 unspecified atom stereocenters. The molecule has 0 amide bonds. The Bertz CT molecular complexity index is 3280.